The highest BCUT2D eigenvalue weighted by atomic mass is 35.5. The van der Waals surface area contributed by atoms with E-state index in [0.29, 0.717) is 45.0 Å². The normalized spacial score (nSPS) is 10.6. The summed E-state index contributed by atoms with van der Waals surface area (Å²) in [5, 5.41) is 4.03. The Hall–Kier alpha value is -3.77. The Balaban J connectivity index is 1.70. The quantitative estimate of drug-likeness (QED) is 0.429. The molecule has 0 spiro atoms. The van der Waals surface area contributed by atoms with E-state index in [0.717, 1.165) is 5.56 Å². The predicted octanol–water partition coefficient (Wildman–Crippen LogP) is 5.38. The van der Waals surface area contributed by atoms with Crippen molar-refractivity contribution in [1.82, 2.24) is 9.97 Å². The van der Waals surface area contributed by atoms with Crippen LogP contribution in [0.1, 0.15) is 27.6 Å². The maximum atomic E-state index is 13.2. The summed E-state index contributed by atoms with van der Waals surface area (Å²) in [6, 6.07) is 17.2. The maximum Gasteiger partial charge on any atom is 0.338 e. The fourth-order valence-electron chi connectivity index (χ4n) is 3.16. The van der Waals surface area contributed by atoms with Crippen LogP contribution >= 0.6 is 11.6 Å². The highest BCUT2D eigenvalue weighted by molar-refractivity contribution is 6.31. The fourth-order valence-corrected chi connectivity index (χ4v) is 3.33. The van der Waals surface area contributed by atoms with E-state index >= 15 is 0 Å². The zero-order valence-electron chi connectivity index (χ0n) is 16.6. The van der Waals surface area contributed by atoms with Gasteiger partial charge in [0.15, 0.2) is 0 Å². The summed E-state index contributed by atoms with van der Waals surface area (Å²) in [6.07, 6.45) is 3.35. The number of aromatic nitrogens is 2. The van der Waals surface area contributed by atoms with Crippen molar-refractivity contribution in [2.24, 2.45) is 0 Å². The Labute approximate surface area is 183 Å². The van der Waals surface area contributed by atoms with Crippen molar-refractivity contribution in [1.29, 1.82) is 0 Å². The average molecular weight is 432 g/mol. The van der Waals surface area contributed by atoms with Gasteiger partial charge < -0.3 is 10.1 Å². The van der Waals surface area contributed by atoms with Crippen molar-refractivity contribution in [3.8, 4) is 11.3 Å². The lowest BCUT2D eigenvalue weighted by Gasteiger charge is -2.11. The van der Waals surface area contributed by atoms with E-state index in [1.807, 2.05) is 12.1 Å². The molecule has 0 aliphatic carbocycles. The van der Waals surface area contributed by atoms with E-state index in [1.54, 1.807) is 67.8 Å². The number of esters is 1. The van der Waals surface area contributed by atoms with Crippen molar-refractivity contribution in [2.75, 3.05) is 11.9 Å². The van der Waals surface area contributed by atoms with Crippen molar-refractivity contribution in [3.05, 3.63) is 89.2 Å². The molecule has 4 aromatic rings. The molecule has 1 N–H and O–H groups in total. The van der Waals surface area contributed by atoms with E-state index < -0.39 is 5.97 Å². The minimum Gasteiger partial charge on any atom is -0.462 e. The van der Waals surface area contributed by atoms with Gasteiger partial charge in [-0.25, -0.2) is 9.78 Å². The number of benzene rings is 2. The molecule has 2 aromatic heterocycles. The third-order valence-electron chi connectivity index (χ3n) is 4.65. The molecule has 1 amide bonds. The molecule has 31 heavy (non-hydrogen) atoms. The molecule has 2 heterocycles. The molecular weight excluding hydrogens is 414 g/mol. The summed E-state index contributed by atoms with van der Waals surface area (Å²) in [7, 11) is 0. The minimum atomic E-state index is -0.405. The number of halogens is 1. The zero-order valence-corrected chi connectivity index (χ0v) is 17.4. The summed E-state index contributed by atoms with van der Waals surface area (Å²) in [4.78, 5) is 33.7. The summed E-state index contributed by atoms with van der Waals surface area (Å²) in [5.74, 6) is -0.717. The Kier molecular flexibility index (Phi) is 5.91. The number of nitrogens with one attached hydrogen (secondary N) is 1. The Morgan fingerprint density at radius 1 is 1.00 bits per heavy atom. The lowest BCUT2D eigenvalue weighted by molar-refractivity contribution is 0.0526. The maximum absolute atomic E-state index is 13.2. The van der Waals surface area contributed by atoms with Crippen LogP contribution in [0, 0.1) is 0 Å². The number of carbonyl (C=O) groups is 2. The molecule has 0 unspecified atom stereocenters. The molecule has 0 bridgehead atoms. The minimum absolute atomic E-state index is 0.300. The van der Waals surface area contributed by atoms with Crippen molar-refractivity contribution in [2.45, 2.75) is 6.92 Å². The van der Waals surface area contributed by atoms with Gasteiger partial charge in [0.05, 0.1) is 28.9 Å². The molecule has 0 aliphatic heterocycles. The average Bonchev–Trinajstić information content (AvgIpc) is 2.79. The lowest BCUT2D eigenvalue weighted by Crippen LogP contribution is -2.13. The molecule has 7 heteroatoms. The van der Waals surface area contributed by atoms with Gasteiger partial charge in [0.25, 0.3) is 5.91 Å². The first-order valence-electron chi connectivity index (χ1n) is 9.64. The van der Waals surface area contributed by atoms with E-state index in [-0.39, 0.29) is 5.91 Å². The molecular formula is C24H18ClN3O3. The second-order valence-electron chi connectivity index (χ2n) is 6.70. The van der Waals surface area contributed by atoms with Crippen LogP contribution < -0.4 is 5.32 Å². The summed E-state index contributed by atoms with van der Waals surface area (Å²) in [5.41, 5.74) is 3.56. The van der Waals surface area contributed by atoms with Gasteiger partial charge in [0.2, 0.25) is 0 Å². The Morgan fingerprint density at radius 3 is 2.45 bits per heavy atom. The number of hydrogen-bond donors (Lipinski definition) is 1. The monoisotopic (exact) mass is 431 g/mol. The standard InChI is InChI=1S/C24H18ClN3O3/c1-2-31-24(30)16-3-6-18(7-4-16)27-23(29)20-14-22(15-9-11-26-12-10-15)28-21-8-5-17(25)13-19(20)21/h3-14H,2H2,1H3,(H,27,29). The molecule has 0 fully saturated rings. The third kappa shape index (κ3) is 4.54. The molecule has 0 aliphatic rings. The molecule has 4 rings (SSSR count). The van der Waals surface area contributed by atoms with Crippen molar-refractivity contribution >= 4 is 40.1 Å². The summed E-state index contributed by atoms with van der Waals surface area (Å²) < 4.78 is 4.98. The highest BCUT2D eigenvalue weighted by Crippen LogP contribution is 2.27. The first kappa shape index (κ1) is 20.5. The first-order chi connectivity index (χ1) is 15.0. The van der Waals surface area contributed by atoms with Gasteiger partial charge in [-0.1, -0.05) is 11.6 Å². The molecule has 0 saturated heterocycles. The number of carbonyl (C=O) groups excluding carboxylic acids is 2. The van der Waals surface area contributed by atoms with Crippen LogP contribution in [-0.4, -0.2) is 28.5 Å². The molecule has 2 aromatic carbocycles. The van der Waals surface area contributed by atoms with Gasteiger partial charge >= 0.3 is 5.97 Å². The van der Waals surface area contributed by atoms with E-state index in [2.05, 4.69) is 15.3 Å². The molecule has 6 nitrogen and oxygen atoms in total. The lowest BCUT2D eigenvalue weighted by atomic mass is 10.0. The van der Waals surface area contributed by atoms with Crippen LogP contribution in [0.2, 0.25) is 5.02 Å². The van der Waals surface area contributed by atoms with Crippen LogP contribution in [0.4, 0.5) is 5.69 Å². The van der Waals surface area contributed by atoms with E-state index in [9.17, 15) is 9.59 Å². The largest absolute Gasteiger partial charge is 0.462 e. The number of pyridine rings is 2. The van der Waals surface area contributed by atoms with Gasteiger partial charge in [-0.05, 0) is 67.6 Å². The second-order valence-corrected chi connectivity index (χ2v) is 7.14. The Morgan fingerprint density at radius 2 is 1.74 bits per heavy atom. The molecule has 0 atom stereocenters. The van der Waals surface area contributed by atoms with Gasteiger partial charge in [-0.3, -0.25) is 9.78 Å². The number of nitrogens with zero attached hydrogens (tertiary/aromatic N) is 2. The topological polar surface area (TPSA) is 81.2 Å². The van der Waals surface area contributed by atoms with E-state index in [4.69, 9.17) is 16.3 Å². The van der Waals surface area contributed by atoms with Crippen molar-refractivity contribution < 1.29 is 14.3 Å². The summed E-state index contributed by atoms with van der Waals surface area (Å²) >= 11 is 6.17. The van der Waals surface area contributed by atoms with Crippen LogP contribution in [0.3, 0.4) is 0 Å². The second kappa shape index (κ2) is 8.93. The van der Waals surface area contributed by atoms with Crippen LogP contribution in [0.15, 0.2) is 73.1 Å². The van der Waals surface area contributed by atoms with Gasteiger partial charge in [-0.2, -0.15) is 0 Å². The zero-order chi connectivity index (χ0) is 21.8. The number of hydrogen-bond acceptors (Lipinski definition) is 5. The highest BCUT2D eigenvalue weighted by Gasteiger charge is 2.15. The van der Waals surface area contributed by atoms with Crippen LogP contribution in [0.5, 0.6) is 0 Å². The fraction of sp³-hybridized carbons (Fsp3) is 0.0833. The van der Waals surface area contributed by atoms with Crippen LogP contribution in [0.25, 0.3) is 22.2 Å². The number of ether oxygens (including phenoxy) is 1. The van der Waals surface area contributed by atoms with Gasteiger partial charge in [0.1, 0.15) is 0 Å². The number of fused-ring (bicyclic) bond motifs is 1. The van der Waals surface area contributed by atoms with Crippen molar-refractivity contribution in [3.63, 3.8) is 0 Å². The molecule has 154 valence electrons. The smallest absolute Gasteiger partial charge is 0.338 e. The first-order valence-corrected chi connectivity index (χ1v) is 10.0. The molecule has 0 saturated carbocycles. The SMILES string of the molecule is CCOC(=O)c1ccc(NC(=O)c2cc(-c3ccncc3)nc3ccc(Cl)cc23)cc1. The van der Waals surface area contributed by atoms with E-state index in [1.165, 1.54) is 0 Å². The van der Waals surface area contributed by atoms with Gasteiger partial charge in [-0.15, -0.1) is 0 Å². The third-order valence-corrected chi connectivity index (χ3v) is 4.88. The Bertz CT molecular complexity index is 1260. The van der Waals surface area contributed by atoms with Crippen LogP contribution in [-0.2, 0) is 4.74 Å². The number of amides is 1. The number of anilines is 1. The van der Waals surface area contributed by atoms with Gasteiger partial charge in [0, 0.05) is 34.1 Å². The summed E-state index contributed by atoms with van der Waals surface area (Å²) in [6.45, 7) is 2.05. The predicted molar refractivity (Wildman–Crippen MR) is 120 cm³/mol. The number of rotatable bonds is 5. The molecule has 0 radical (unpaired) electrons.